The van der Waals surface area contributed by atoms with Crippen molar-refractivity contribution >= 4 is 59.3 Å². The number of guanidine groups is 1. The van der Waals surface area contributed by atoms with Gasteiger partial charge in [0, 0.05) is 19.4 Å². The molecular weight excluding hydrogens is 853 g/mol. The molecule has 0 heterocycles. The van der Waals surface area contributed by atoms with Crippen LogP contribution >= 0.6 is 0 Å². The van der Waals surface area contributed by atoms with E-state index in [2.05, 4.69) is 37.2 Å². The Morgan fingerprint density at radius 3 is 1.54 bits per heavy atom. The van der Waals surface area contributed by atoms with Crippen molar-refractivity contribution in [1.29, 1.82) is 5.41 Å². The van der Waals surface area contributed by atoms with Gasteiger partial charge in [-0.2, -0.15) is 0 Å². The van der Waals surface area contributed by atoms with Gasteiger partial charge >= 0.3 is 17.9 Å². The maximum Gasteiger partial charge on any atom is 0.326 e. The topological polar surface area (TPSA) is 395 Å². The third-order valence-electron chi connectivity index (χ3n) is 10.3. The SMILES string of the molecule is CC[C@H](C)[C@H](NC(=O)[C@H](CCC(=O)O)NC(=O)[C@H](CCC(=O)O)NC(=O)[C@@H](N)Cc1ccc(O)cc1)C(=O)N[C@@H](CCCNC(=N)N)C(=O)N[C@H](C(=O)N[C@@H](CC(C)C)C(=O)O)C(C)C. The average Bonchev–Trinajstić information content (AvgIpc) is 3.22. The Morgan fingerprint density at radius 1 is 0.631 bits per heavy atom. The lowest BCUT2D eigenvalue weighted by Crippen LogP contribution is -2.61. The number of nitrogens with one attached hydrogen (secondary N) is 8. The molecule has 0 aromatic heterocycles. The predicted molar refractivity (Wildman–Crippen MR) is 236 cm³/mol. The number of aromatic hydroxyl groups is 1. The lowest BCUT2D eigenvalue weighted by Gasteiger charge is -2.30. The first-order chi connectivity index (χ1) is 30.4. The van der Waals surface area contributed by atoms with Crippen LogP contribution < -0.4 is 48.7 Å². The number of carboxylic acids is 3. The van der Waals surface area contributed by atoms with Crippen LogP contribution in [0.2, 0.25) is 0 Å². The van der Waals surface area contributed by atoms with E-state index in [-0.39, 0.29) is 56.3 Å². The predicted octanol–water partition coefficient (Wildman–Crippen LogP) is -1.00. The summed E-state index contributed by atoms with van der Waals surface area (Å²) in [5.74, 6) is -11.0. The van der Waals surface area contributed by atoms with Crippen molar-refractivity contribution in [1.82, 2.24) is 37.2 Å². The highest BCUT2D eigenvalue weighted by molar-refractivity contribution is 5.97. The van der Waals surface area contributed by atoms with E-state index in [1.54, 1.807) is 41.5 Å². The fraction of sp³-hybridized carbons (Fsp3) is 0.619. The molecule has 65 heavy (non-hydrogen) atoms. The Labute approximate surface area is 377 Å². The smallest absolute Gasteiger partial charge is 0.326 e. The van der Waals surface area contributed by atoms with Gasteiger partial charge in [0.15, 0.2) is 5.96 Å². The number of carbonyl (C=O) groups excluding carboxylic acids is 6. The van der Waals surface area contributed by atoms with E-state index in [4.69, 9.17) is 16.9 Å². The average molecular weight is 921 g/mol. The number of hydrogen-bond acceptors (Lipinski definition) is 12. The van der Waals surface area contributed by atoms with Gasteiger partial charge in [0.25, 0.3) is 0 Å². The van der Waals surface area contributed by atoms with Gasteiger partial charge in [0.1, 0.15) is 42.0 Å². The number of aliphatic carboxylic acids is 3. The van der Waals surface area contributed by atoms with Crippen LogP contribution in [0.25, 0.3) is 0 Å². The molecule has 23 heteroatoms. The van der Waals surface area contributed by atoms with E-state index in [0.717, 1.165) is 0 Å². The number of carbonyl (C=O) groups is 9. The summed E-state index contributed by atoms with van der Waals surface area (Å²) in [5.41, 5.74) is 12.0. The van der Waals surface area contributed by atoms with Crippen molar-refractivity contribution in [2.75, 3.05) is 6.54 Å². The Balaban J connectivity index is 3.43. The van der Waals surface area contributed by atoms with E-state index in [1.807, 2.05) is 0 Å². The lowest BCUT2D eigenvalue weighted by molar-refractivity contribution is -0.143. The molecule has 1 aromatic carbocycles. The number of phenols is 1. The van der Waals surface area contributed by atoms with E-state index in [9.17, 15) is 63.6 Å². The molecule has 0 aliphatic heterocycles. The van der Waals surface area contributed by atoms with Gasteiger partial charge in [0.05, 0.1) is 6.04 Å². The van der Waals surface area contributed by atoms with Crippen molar-refractivity contribution < 1.29 is 63.6 Å². The highest BCUT2D eigenvalue weighted by Gasteiger charge is 2.36. The van der Waals surface area contributed by atoms with Crippen LogP contribution in [0.3, 0.4) is 0 Å². The van der Waals surface area contributed by atoms with Gasteiger partial charge in [-0.25, -0.2) is 4.79 Å². The molecule has 0 spiro atoms. The molecule has 1 aromatic rings. The van der Waals surface area contributed by atoms with Crippen molar-refractivity contribution in [3.63, 3.8) is 0 Å². The van der Waals surface area contributed by atoms with Crippen molar-refractivity contribution in [2.45, 2.75) is 142 Å². The summed E-state index contributed by atoms with van der Waals surface area (Å²) in [6.07, 6.45) is -1.74. The number of rotatable bonds is 30. The number of amides is 6. The zero-order valence-corrected chi connectivity index (χ0v) is 37.8. The molecule has 0 saturated heterocycles. The molecule has 6 amide bonds. The third kappa shape index (κ3) is 21.6. The molecule has 0 fully saturated rings. The van der Waals surface area contributed by atoms with Crippen LogP contribution in [0, 0.1) is 23.2 Å². The minimum absolute atomic E-state index is 0.0217. The van der Waals surface area contributed by atoms with Crippen LogP contribution in [0.4, 0.5) is 0 Å². The summed E-state index contributed by atoms with van der Waals surface area (Å²) < 4.78 is 0. The molecule has 0 radical (unpaired) electrons. The number of nitrogens with two attached hydrogens (primary N) is 2. The summed E-state index contributed by atoms with van der Waals surface area (Å²) in [7, 11) is 0. The molecule has 0 saturated carbocycles. The Kier molecular flexibility index (Phi) is 24.6. The highest BCUT2D eigenvalue weighted by Crippen LogP contribution is 2.14. The Hall–Kier alpha value is -6.52. The summed E-state index contributed by atoms with van der Waals surface area (Å²) in [6.45, 7) is 10.2. The first kappa shape index (κ1) is 56.5. The normalized spacial score (nSPS) is 14.8. The van der Waals surface area contributed by atoms with Crippen LogP contribution in [0.1, 0.15) is 98.5 Å². The van der Waals surface area contributed by atoms with Gasteiger partial charge in [-0.3, -0.25) is 43.8 Å². The molecule has 0 aliphatic carbocycles. The molecule has 0 aliphatic rings. The molecule has 23 nitrogen and oxygen atoms in total. The Bertz CT molecular complexity index is 1810. The fourth-order valence-electron chi connectivity index (χ4n) is 6.36. The largest absolute Gasteiger partial charge is 0.508 e. The molecular formula is C42H68N10O13. The summed E-state index contributed by atoms with van der Waals surface area (Å²) in [4.78, 5) is 117. The first-order valence-electron chi connectivity index (χ1n) is 21.5. The molecule has 364 valence electrons. The Morgan fingerprint density at radius 2 is 1.08 bits per heavy atom. The van der Waals surface area contributed by atoms with Crippen molar-refractivity contribution in [2.24, 2.45) is 29.2 Å². The molecule has 0 bridgehead atoms. The highest BCUT2D eigenvalue weighted by atomic mass is 16.4. The third-order valence-corrected chi connectivity index (χ3v) is 10.3. The fourth-order valence-corrected chi connectivity index (χ4v) is 6.36. The zero-order chi connectivity index (χ0) is 49.6. The van der Waals surface area contributed by atoms with Gasteiger partial charge in [-0.05, 0) is 74.0 Å². The van der Waals surface area contributed by atoms with E-state index < -0.39 is 133 Å². The first-order valence-corrected chi connectivity index (χ1v) is 21.5. The summed E-state index contributed by atoms with van der Waals surface area (Å²) in [5, 5.41) is 63.1. The summed E-state index contributed by atoms with van der Waals surface area (Å²) in [6, 6.07) is -3.86. The second-order valence-electron chi connectivity index (χ2n) is 16.6. The van der Waals surface area contributed by atoms with Gasteiger partial charge in [-0.1, -0.05) is 60.1 Å². The number of benzene rings is 1. The minimum atomic E-state index is -1.64. The zero-order valence-electron chi connectivity index (χ0n) is 37.8. The second-order valence-corrected chi connectivity index (χ2v) is 16.6. The lowest BCUT2D eigenvalue weighted by atomic mass is 9.96. The number of hydrogen-bond donors (Lipinski definition) is 14. The summed E-state index contributed by atoms with van der Waals surface area (Å²) >= 11 is 0. The molecule has 1 rings (SSSR count). The maximum atomic E-state index is 14.1. The van der Waals surface area contributed by atoms with Crippen LogP contribution in [0.15, 0.2) is 24.3 Å². The molecule has 8 atom stereocenters. The number of phenolic OH excluding ortho intramolecular Hbond substituents is 1. The maximum absolute atomic E-state index is 14.1. The standard InChI is InChI=1S/C42H68N10O13/c1-7-23(6)34(40(63)49-27(9-8-18-46-42(44)45)37(60)51-33(22(4)5)39(62)50-30(41(64)65)19-21(2)3)52-38(61)29(15-17-32(56)57)48-36(59)28(14-16-31(54)55)47-35(58)26(43)20-24-10-12-25(53)13-11-24/h10-13,21-23,26-30,33-34,53H,7-9,14-20,43H2,1-6H3,(H,47,58)(H,48,59)(H,49,63)(H,50,62)(H,51,60)(H,52,61)(H,54,55)(H,56,57)(H,64,65)(H4,44,45,46)/t23-,26-,27-,28-,29-,30-,33-,34-/m0/s1. The minimum Gasteiger partial charge on any atom is -0.508 e. The number of carboxylic acid groups (broad SMARTS) is 3. The van der Waals surface area contributed by atoms with Crippen molar-refractivity contribution in [3.05, 3.63) is 29.8 Å². The molecule has 0 unspecified atom stereocenters. The molecule has 16 N–H and O–H groups in total. The van der Waals surface area contributed by atoms with Crippen LogP contribution in [-0.4, -0.2) is 129 Å². The quantitative estimate of drug-likeness (QED) is 0.0250. The van der Waals surface area contributed by atoms with Gasteiger partial charge in [0.2, 0.25) is 35.4 Å². The van der Waals surface area contributed by atoms with E-state index >= 15 is 0 Å². The van der Waals surface area contributed by atoms with Crippen LogP contribution in [0.5, 0.6) is 5.75 Å². The van der Waals surface area contributed by atoms with Crippen LogP contribution in [-0.2, 0) is 49.6 Å². The van der Waals surface area contributed by atoms with Gasteiger partial charge < -0.3 is 69.1 Å². The van der Waals surface area contributed by atoms with E-state index in [1.165, 1.54) is 24.3 Å². The van der Waals surface area contributed by atoms with Crippen molar-refractivity contribution in [3.8, 4) is 5.75 Å². The van der Waals surface area contributed by atoms with Gasteiger partial charge in [-0.15, -0.1) is 0 Å². The van der Waals surface area contributed by atoms with E-state index in [0.29, 0.717) is 5.56 Å². The second kappa shape index (κ2) is 28.3. The monoisotopic (exact) mass is 920 g/mol.